The zero-order valence-electron chi connectivity index (χ0n) is 19.2. The zero-order chi connectivity index (χ0) is 23.2. The predicted molar refractivity (Wildman–Crippen MR) is 131 cm³/mol. The molecule has 1 fully saturated rings. The Bertz CT molecular complexity index is 1050. The second-order valence-electron chi connectivity index (χ2n) is 8.72. The van der Waals surface area contributed by atoms with Crippen LogP contribution in [0, 0.1) is 11.7 Å². The SMILES string of the molecule is COc1cccc(CN2CCC([C@@H](Cc3ccccc3F)N(C)C(=O)c3cccs3)CC2)c1. The van der Waals surface area contributed by atoms with Crippen molar-refractivity contribution < 1.29 is 13.9 Å². The minimum absolute atomic E-state index is 0.0187. The maximum atomic E-state index is 14.5. The van der Waals surface area contributed by atoms with Crippen LogP contribution in [-0.4, -0.2) is 49.0 Å². The highest BCUT2D eigenvalue weighted by Gasteiger charge is 2.32. The Balaban J connectivity index is 1.46. The third-order valence-electron chi connectivity index (χ3n) is 6.65. The fourth-order valence-corrected chi connectivity index (χ4v) is 5.46. The van der Waals surface area contributed by atoms with Gasteiger partial charge in [-0.3, -0.25) is 9.69 Å². The Hall–Kier alpha value is -2.70. The Morgan fingerprint density at radius 2 is 1.94 bits per heavy atom. The van der Waals surface area contributed by atoms with Crippen molar-refractivity contribution in [3.8, 4) is 5.75 Å². The van der Waals surface area contributed by atoms with Gasteiger partial charge >= 0.3 is 0 Å². The highest BCUT2D eigenvalue weighted by atomic mass is 32.1. The average Bonchev–Trinajstić information content (AvgIpc) is 3.38. The number of carbonyl (C=O) groups is 1. The van der Waals surface area contributed by atoms with Gasteiger partial charge < -0.3 is 9.64 Å². The van der Waals surface area contributed by atoms with Crippen molar-refractivity contribution in [3.05, 3.63) is 87.9 Å². The van der Waals surface area contributed by atoms with Crippen molar-refractivity contribution in [2.75, 3.05) is 27.2 Å². The molecular formula is C27H31FN2O2S. The van der Waals surface area contributed by atoms with Crippen molar-refractivity contribution in [1.29, 1.82) is 0 Å². The molecule has 3 aromatic rings. The number of amides is 1. The summed E-state index contributed by atoms with van der Waals surface area (Å²) in [5, 5.41) is 1.92. The minimum atomic E-state index is -0.199. The van der Waals surface area contributed by atoms with Crippen LogP contribution in [-0.2, 0) is 13.0 Å². The van der Waals surface area contributed by atoms with Gasteiger partial charge in [-0.1, -0.05) is 36.4 Å². The van der Waals surface area contributed by atoms with Gasteiger partial charge in [0, 0.05) is 19.6 Å². The summed E-state index contributed by atoms with van der Waals surface area (Å²) in [6, 6.07) is 18.8. The lowest BCUT2D eigenvalue weighted by atomic mass is 9.84. The number of nitrogens with zero attached hydrogens (tertiary/aromatic N) is 2. The Morgan fingerprint density at radius 1 is 1.15 bits per heavy atom. The molecule has 6 heteroatoms. The lowest BCUT2D eigenvalue weighted by Crippen LogP contribution is -2.47. The second-order valence-corrected chi connectivity index (χ2v) is 9.67. The zero-order valence-corrected chi connectivity index (χ0v) is 20.1. The molecule has 1 aliphatic heterocycles. The van der Waals surface area contributed by atoms with Gasteiger partial charge in [-0.2, -0.15) is 0 Å². The number of ether oxygens (including phenoxy) is 1. The number of halogens is 1. The van der Waals surface area contributed by atoms with Crippen LogP contribution < -0.4 is 4.74 Å². The fourth-order valence-electron chi connectivity index (χ4n) is 4.76. The molecule has 33 heavy (non-hydrogen) atoms. The summed E-state index contributed by atoms with van der Waals surface area (Å²) in [5.74, 6) is 1.02. The van der Waals surface area contributed by atoms with E-state index in [1.807, 2.05) is 53.7 Å². The van der Waals surface area contributed by atoms with E-state index < -0.39 is 0 Å². The minimum Gasteiger partial charge on any atom is -0.497 e. The summed E-state index contributed by atoms with van der Waals surface area (Å²) < 4.78 is 19.9. The smallest absolute Gasteiger partial charge is 0.263 e. The van der Waals surface area contributed by atoms with E-state index in [2.05, 4.69) is 17.0 Å². The van der Waals surface area contributed by atoms with E-state index in [1.165, 1.54) is 23.0 Å². The second kappa shape index (κ2) is 10.9. The summed E-state index contributed by atoms with van der Waals surface area (Å²) in [6.45, 7) is 2.79. The molecule has 0 saturated carbocycles. The molecule has 1 saturated heterocycles. The Morgan fingerprint density at radius 3 is 2.64 bits per heavy atom. The van der Waals surface area contributed by atoms with E-state index in [4.69, 9.17) is 4.74 Å². The molecule has 174 valence electrons. The fraction of sp³-hybridized carbons (Fsp3) is 0.370. The van der Waals surface area contributed by atoms with Crippen LogP contribution in [0.1, 0.15) is 33.6 Å². The lowest BCUT2D eigenvalue weighted by molar-refractivity contribution is 0.0588. The van der Waals surface area contributed by atoms with Gasteiger partial charge in [0.05, 0.1) is 12.0 Å². The van der Waals surface area contributed by atoms with Gasteiger partial charge in [0.2, 0.25) is 0 Å². The molecule has 0 aliphatic carbocycles. The number of methoxy groups -OCH3 is 1. The van der Waals surface area contributed by atoms with Gasteiger partial charge in [-0.25, -0.2) is 4.39 Å². The number of likely N-dealkylation sites (tertiary alicyclic amines) is 1. The lowest BCUT2D eigenvalue weighted by Gasteiger charge is -2.40. The van der Waals surface area contributed by atoms with Crippen LogP contribution in [0.4, 0.5) is 4.39 Å². The Kier molecular flexibility index (Phi) is 7.78. The predicted octanol–water partition coefficient (Wildman–Crippen LogP) is 5.49. The summed E-state index contributed by atoms with van der Waals surface area (Å²) in [4.78, 5) is 18.2. The van der Waals surface area contributed by atoms with E-state index in [1.54, 1.807) is 13.2 Å². The molecule has 0 bridgehead atoms. The molecule has 4 nitrogen and oxygen atoms in total. The van der Waals surface area contributed by atoms with E-state index in [0.29, 0.717) is 17.9 Å². The van der Waals surface area contributed by atoms with E-state index in [0.717, 1.165) is 43.1 Å². The maximum Gasteiger partial charge on any atom is 0.263 e. The highest BCUT2D eigenvalue weighted by Crippen LogP contribution is 2.29. The molecule has 0 N–H and O–H groups in total. The summed E-state index contributed by atoms with van der Waals surface area (Å²) in [6.07, 6.45) is 2.48. The number of rotatable bonds is 8. The third kappa shape index (κ3) is 5.81. The third-order valence-corrected chi connectivity index (χ3v) is 7.51. The number of piperidine rings is 1. The normalized spacial score (nSPS) is 15.8. The van der Waals surface area contributed by atoms with Crippen LogP contribution in [0.15, 0.2) is 66.0 Å². The molecule has 2 heterocycles. The molecule has 2 aromatic carbocycles. The first-order valence-corrected chi connectivity index (χ1v) is 12.3. The maximum absolute atomic E-state index is 14.5. The van der Waals surface area contributed by atoms with E-state index in [-0.39, 0.29) is 17.8 Å². The van der Waals surface area contributed by atoms with Gasteiger partial charge in [0.15, 0.2) is 0 Å². The van der Waals surface area contributed by atoms with Crippen LogP contribution in [0.25, 0.3) is 0 Å². The topological polar surface area (TPSA) is 32.8 Å². The molecule has 1 amide bonds. The number of benzene rings is 2. The van der Waals surface area contributed by atoms with Gasteiger partial charge in [-0.05, 0) is 79.0 Å². The molecule has 0 spiro atoms. The van der Waals surface area contributed by atoms with Crippen molar-refractivity contribution >= 4 is 17.2 Å². The summed E-state index contributed by atoms with van der Waals surface area (Å²) in [7, 11) is 3.56. The van der Waals surface area contributed by atoms with Gasteiger partial charge in [0.1, 0.15) is 11.6 Å². The number of thiophene rings is 1. The molecule has 0 unspecified atom stereocenters. The van der Waals surface area contributed by atoms with Crippen molar-refractivity contribution in [2.24, 2.45) is 5.92 Å². The van der Waals surface area contributed by atoms with Crippen molar-refractivity contribution in [1.82, 2.24) is 9.80 Å². The number of hydrogen-bond acceptors (Lipinski definition) is 4. The first-order valence-electron chi connectivity index (χ1n) is 11.4. The standard InChI is InChI=1S/C27H31FN2O2S/c1-29(27(31)26-11-6-16-33-26)25(18-22-8-3-4-10-24(22)28)21-12-14-30(15-13-21)19-20-7-5-9-23(17-20)32-2/h3-11,16-17,21,25H,12-15,18-19H2,1-2H3/t25-/m1/s1. The largest absolute Gasteiger partial charge is 0.497 e. The van der Waals surface area contributed by atoms with Crippen LogP contribution in [0.5, 0.6) is 5.75 Å². The highest BCUT2D eigenvalue weighted by molar-refractivity contribution is 7.12. The monoisotopic (exact) mass is 466 g/mol. The van der Waals surface area contributed by atoms with Crippen LogP contribution in [0.2, 0.25) is 0 Å². The first kappa shape index (κ1) is 23.5. The van der Waals surface area contributed by atoms with Gasteiger partial charge in [0.25, 0.3) is 5.91 Å². The van der Waals surface area contributed by atoms with E-state index >= 15 is 0 Å². The molecule has 1 aromatic heterocycles. The molecule has 1 aliphatic rings. The summed E-state index contributed by atoms with van der Waals surface area (Å²) >= 11 is 1.45. The van der Waals surface area contributed by atoms with Crippen molar-refractivity contribution in [3.63, 3.8) is 0 Å². The molecule has 1 atom stereocenters. The number of likely N-dealkylation sites (N-methyl/N-ethyl adjacent to an activating group) is 1. The number of carbonyl (C=O) groups excluding carboxylic acids is 1. The van der Waals surface area contributed by atoms with Crippen LogP contribution in [0.3, 0.4) is 0 Å². The average molecular weight is 467 g/mol. The molecule has 0 radical (unpaired) electrons. The van der Waals surface area contributed by atoms with E-state index in [9.17, 15) is 9.18 Å². The van der Waals surface area contributed by atoms with Crippen molar-refractivity contribution in [2.45, 2.75) is 31.8 Å². The van der Waals surface area contributed by atoms with Gasteiger partial charge in [-0.15, -0.1) is 11.3 Å². The van der Waals surface area contributed by atoms with Crippen LogP contribution >= 0.6 is 11.3 Å². The summed E-state index contributed by atoms with van der Waals surface area (Å²) in [5.41, 5.74) is 1.91. The molecular weight excluding hydrogens is 435 g/mol. The number of hydrogen-bond donors (Lipinski definition) is 0. The molecule has 4 rings (SSSR count). The Labute approximate surface area is 199 Å². The first-order chi connectivity index (χ1) is 16.0. The quantitative estimate of drug-likeness (QED) is 0.440.